The first-order valence-electron chi connectivity index (χ1n) is 12.2. The third kappa shape index (κ3) is 4.15. The van der Waals surface area contributed by atoms with Gasteiger partial charge in [-0.2, -0.15) is 0 Å². The highest BCUT2D eigenvalue weighted by Gasteiger charge is 2.42. The van der Waals surface area contributed by atoms with Gasteiger partial charge in [-0.15, -0.1) is 0 Å². The number of ether oxygens (including phenoxy) is 2. The lowest BCUT2D eigenvalue weighted by atomic mass is 9.71. The van der Waals surface area contributed by atoms with Gasteiger partial charge in [-0.3, -0.25) is 4.79 Å². The van der Waals surface area contributed by atoms with Crippen LogP contribution in [0.25, 0.3) is 0 Å². The number of nitrogens with one attached hydrogen (secondary N) is 1. The van der Waals surface area contributed by atoms with E-state index in [1.54, 1.807) is 7.11 Å². The van der Waals surface area contributed by atoms with E-state index in [1.807, 2.05) is 49.4 Å². The molecule has 2 atom stereocenters. The predicted molar refractivity (Wildman–Crippen MR) is 130 cm³/mol. The van der Waals surface area contributed by atoms with Gasteiger partial charge in [0.05, 0.1) is 18.6 Å². The third-order valence-electron chi connectivity index (χ3n) is 7.34. The van der Waals surface area contributed by atoms with Crippen LogP contribution in [0.1, 0.15) is 68.4 Å². The van der Waals surface area contributed by atoms with Crippen molar-refractivity contribution in [1.29, 1.82) is 0 Å². The lowest BCUT2D eigenvalue weighted by molar-refractivity contribution is -0.144. The molecule has 1 fully saturated rings. The molecule has 2 aromatic rings. The Morgan fingerprint density at radius 1 is 0.971 bits per heavy atom. The van der Waals surface area contributed by atoms with Crippen LogP contribution < -0.4 is 10.1 Å². The lowest BCUT2D eigenvalue weighted by Crippen LogP contribution is -2.36. The van der Waals surface area contributed by atoms with Gasteiger partial charge in [-0.25, -0.2) is 4.79 Å². The average molecular weight is 458 g/mol. The molecule has 5 nitrogen and oxygen atoms in total. The Kier molecular flexibility index (Phi) is 6.27. The van der Waals surface area contributed by atoms with E-state index in [2.05, 4.69) is 17.4 Å². The minimum atomic E-state index is -0.509. The van der Waals surface area contributed by atoms with Crippen LogP contribution in [0.15, 0.2) is 77.1 Å². The summed E-state index contributed by atoms with van der Waals surface area (Å²) in [5, 5.41) is 3.44. The number of rotatable bonds is 5. The van der Waals surface area contributed by atoms with Crippen LogP contribution in [0.2, 0.25) is 0 Å². The first-order valence-corrected chi connectivity index (χ1v) is 12.2. The van der Waals surface area contributed by atoms with Crippen molar-refractivity contribution in [2.24, 2.45) is 0 Å². The number of dihydropyridines is 1. The fourth-order valence-corrected chi connectivity index (χ4v) is 5.71. The summed E-state index contributed by atoms with van der Waals surface area (Å²) >= 11 is 0. The molecule has 0 bridgehead atoms. The van der Waals surface area contributed by atoms with Gasteiger partial charge in [0.25, 0.3) is 0 Å². The topological polar surface area (TPSA) is 64.6 Å². The van der Waals surface area contributed by atoms with Gasteiger partial charge < -0.3 is 14.8 Å². The zero-order valence-corrected chi connectivity index (χ0v) is 19.8. The van der Waals surface area contributed by atoms with Crippen molar-refractivity contribution in [1.82, 2.24) is 5.32 Å². The molecule has 5 heteroatoms. The Morgan fingerprint density at radius 3 is 2.41 bits per heavy atom. The maximum absolute atomic E-state index is 13.7. The van der Waals surface area contributed by atoms with E-state index in [-0.39, 0.29) is 23.8 Å². The Labute approximate surface area is 200 Å². The molecule has 5 rings (SSSR count). The highest BCUT2D eigenvalue weighted by atomic mass is 16.5. The van der Waals surface area contributed by atoms with E-state index in [0.717, 1.165) is 54.6 Å². The molecule has 0 spiro atoms. The monoisotopic (exact) mass is 457 g/mol. The second-order valence-corrected chi connectivity index (χ2v) is 9.48. The highest BCUT2D eigenvalue weighted by Crippen LogP contribution is 2.47. The van der Waals surface area contributed by atoms with Crippen LogP contribution in [0.4, 0.5) is 0 Å². The van der Waals surface area contributed by atoms with E-state index in [1.165, 1.54) is 0 Å². The van der Waals surface area contributed by atoms with Crippen molar-refractivity contribution in [2.45, 2.75) is 63.4 Å². The molecule has 0 unspecified atom stereocenters. The number of esters is 1. The third-order valence-corrected chi connectivity index (χ3v) is 7.34. The van der Waals surface area contributed by atoms with Gasteiger partial charge in [0.15, 0.2) is 5.78 Å². The number of methoxy groups -OCH3 is 1. The quantitative estimate of drug-likeness (QED) is 0.597. The molecule has 2 aliphatic carbocycles. The molecular weight excluding hydrogens is 426 g/mol. The molecule has 1 N–H and O–H groups in total. The number of ketones is 1. The fraction of sp³-hybridized carbons (Fsp3) is 0.379. The number of benzene rings is 2. The van der Waals surface area contributed by atoms with Crippen molar-refractivity contribution in [2.75, 3.05) is 7.11 Å². The summed E-state index contributed by atoms with van der Waals surface area (Å²) < 4.78 is 11.6. The molecule has 0 saturated heterocycles. The van der Waals surface area contributed by atoms with E-state index in [0.29, 0.717) is 23.3 Å². The second-order valence-electron chi connectivity index (χ2n) is 9.48. The molecule has 34 heavy (non-hydrogen) atoms. The Morgan fingerprint density at radius 2 is 1.68 bits per heavy atom. The van der Waals surface area contributed by atoms with Crippen LogP contribution in [-0.2, 0) is 14.3 Å². The Balaban J connectivity index is 1.58. The zero-order valence-electron chi connectivity index (χ0n) is 19.8. The van der Waals surface area contributed by atoms with Crippen molar-refractivity contribution in [3.8, 4) is 5.75 Å². The number of hydrogen-bond donors (Lipinski definition) is 1. The lowest BCUT2D eigenvalue weighted by Gasteiger charge is -2.37. The molecule has 1 aliphatic heterocycles. The standard InChI is InChI=1S/C29H31NO4/c1-18-26(29(32)34-21-12-6-7-13-21)27(22-14-8-9-15-25(22)33-2)28-23(30-18)16-20(17-24(28)31)19-10-4-3-5-11-19/h3-5,8-11,14-15,20-21,27,30H,6-7,12-13,16-17H2,1-2H3/t20-,27+/m0/s1. The molecule has 3 aliphatic rings. The van der Waals surface area contributed by atoms with Crippen LogP contribution in [-0.4, -0.2) is 25.0 Å². The van der Waals surface area contributed by atoms with Gasteiger partial charge in [0.2, 0.25) is 0 Å². The number of para-hydroxylation sites is 1. The number of allylic oxidation sites excluding steroid dienone is 3. The van der Waals surface area contributed by atoms with Crippen LogP contribution >= 0.6 is 0 Å². The number of hydrogen-bond acceptors (Lipinski definition) is 5. The van der Waals surface area contributed by atoms with Gasteiger partial charge >= 0.3 is 5.97 Å². The van der Waals surface area contributed by atoms with Crippen molar-refractivity contribution in [3.05, 3.63) is 88.3 Å². The molecular formula is C29H31NO4. The van der Waals surface area contributed by atoms with E-state index >= 15 is 0 Å². The largest absolute Gasteiger partial charge is 0.496 e. The highest BCUT2D eigenvalue weighted by molar-refractivity contribution is 6.04. The molecule has 1 saturated carbocycles. The van der Waals surface area contributed by atoms with Crippen LogP contribution in [0.5, 0.6) is 5.75 Å². The van der Waals surface area contributed by atoms with Gasteiger partial charge in [-0.05, 0) is 56.6 Å². The second kappa shape index (κ2) is 9.49. The first-order chi connectivity index (χ1) is 16.6. The zero-order chi connectivity index (χ0) is 23.7. The maximum Gasteiger partial charge on any atom is 0.337 e. The normalized spacial score (nSPS) is 22.9. The first kappa shape index (κ1) is 22.5. The molecule has 1 heterocycles. The smallest absolute Gasteiger partial charge is 0.337 e. The summed E-state index contributed by atoms with van der Waals surface area (Å²) in [4.78, 5) is 27.2. The Bertz CT molecular complexity index is 1160. The van der Waals surface area contributed by atoms with E-state index in [4.69, 9.17) is 9.47 Å². The van der Waals surface area contributed by atoms with E-state index in [9.17, 15) is 9.59 Å². The minimum absolute atomic E-state index is 0.0500. The van der Waals surface area contributed by atoms with Gasteiger partial charge in [0, 0.05) is 29.0 Å². The number of carbonyl (C=O) groups excluding carboxylic acids is 2. The summed E-state index contributed by atoms with van der Waals surface area (Å²) in [6, 6.07) is 17.8. The van der Waals surface area contributed by atoms with Gasteiger partial charge in [-0.1, -0.05) is 48.5 Å². The SMILES string of the molecule is COc1ccccc1[C@@H]1C(C(=O)OC2CCCC2)=C(C)NC2=C1C(=O)C[C@@H](c1ccccc1)C2. The molecule has 176 valence electrons. The fourth-order valence-electron chi connectivity index (χ4n) is 5.71. The van der Waals surface area contributed by atoms with Gasteiger partial charge in [0.1, 0.15) is 11.9 Å². The van der Waals surface area contributed by atoms with Crippen molar-refractivity contribution in [3.63, 3.8) is 0 Å². The number of carbonyl (C=O) groups is 2. The maximum atomic E-state index is 13.7. The van der Waals surface area contributed by atoms with Crippen LogP contribution in [0, 0.1) is 0 Å². The number of Topliss-reactive ketones (excluding diaryl/α,β-unsaturated/α-hetero) is 1. The summed E-state index contributed by atoms with van der Waals surface area (Å²) in [6.07, 6.45) is 5.05. The molecule has 0 amide bonds. The molecule has 0 aromatic heterocycles. The predicted octanol–water partition coefficient (Wildman–Crippen LogP) is 5.54. The van der Waals surface area contributed by atoms with Crippen molar-refractivity contribution >= 4 is 11.8 Å². The average Bonchev–Trinajstić information content (AvgIpc) is 3.36. The minimum Gasteiger partial charge on any atom is -0.496 e. The summed E-state index contributed by atoms with van der Waals surface area (Å²) in [5.74, 6) is -0.00343. The summed E-state index contributed by atoms with van der Waals surface area (Å²) in [5.41, 5.74) is 4.81. The van der Waals surface area contributed by atoms with E-state index < -0.39 is 5.92 Å². The van der Waals surface area contributed by atoms with Crippen molar-refractivity contribution < 1.29 is 19.1 Å². The Hall–Kier alpha value is -3.34. The van der Waals surface area contributed by atoms with Crippen LogP contribution in [0.3, 0.4) is 0 Å². The molecule has 2 aromatic carbocycles. The summed E-state index contributed by atoms with van der Waals surface area (Å²) in [6.45, 7) is 1.91. The summed E-state index contributed by atoms with van der Waals surface area (Å²) in [7, 11) is 1.62. The molecule has 0 radical (unpaired) electrons.